The van der Waals surface area contributed by atoms with Gasteiger partial charge < -0.3 is 10.1 Å². The summed E-state index contributed by atoms with van der Waals surface area (Å²) in [5.41, 5.74) is 2.30. The summed E-state index contributed by atoms with van der Waals surface area (Å²) in [7, 11) is 1.64. The summed E-state index contributed by atoms with van der Waals surface area (Å²) >= 11 is 0. The average molecular weight is 297 g/mol. The fourth-order valence-electron chi connectivity index (χ4n) is 2.35. The Morgan fingerprint density at radius 3 is 2.36 bits per heavy atom. The van der Waals surface area contributed by atoms with Gasteiger partial charge in [-0.25, -0.2) is 0 Å². The lowest BCUT2D eigenvalue weighted by Gasteiger charge is -2.14. The van der Waals surface area contributed by atoms with Crippen molar-refractivity contribution in [1.29, 1.82) is 0 Å². The number of amides is 1. The van der Waals surface area contributed by atoms with Gasteiger partial charge in [0.05, 0.1) is 13.5 Å². The van der Waals surface area contributed by atoms with E-state index in [1.54, 1.807) is 7.11 Å². The number of ether oxygens (including phenoxy) is 1. The lowest BCUT2D eigenvalue weighted by molar-refractivity contribution is -0.121. The van der Waals surface area contributed by atoms with Gasteiger partial charge in [0, 0.05) is 6.04 Å². The van der Waals surface area contributed by atoms with Crippen molar-refractivity contribution in [1.82, 2.24) is 5.32 Å². The van der Waals surface area contributed by atoms with Gasteiger partial charge in [0.1, 0.15) is 5.75 Å². The highest BCUT2D eigenvalue weighted by Crippen LogP contribution is 2.12. The molecule has 116 valence electrons. The molecule has 0 bridgehead atoms. The number of rotatable bonds is 7. The number of methoxy groups -OCH3 is 1. The number of hydrogen-bond donors (Lipinski definition) is 1. The fourth-order valence-corrected chi connectivity index (χ4v) is 2.35. The first kappa shape index (κ1) is 16.1. The van der Waals surface area contributed by atoms with Gasteiger partial charge in [-0.2, -0.15) is 0 Å². The van der Waals surface area contributed by atoms with Crippen LogP contribution in [0.25, 0.3) is 0 Å². The second kappa shape index (κ2) is 8.23. The van der Waals surface area contributed by atoms with Gasteiger partial charge in [0.2, 0.25) is 5.91 Å². The lowest BCUT2D eigenvalue weighted by atomic mass is 10.1. The molecule has 0 heterocycles. The van der Waals surface area contributed by atoms with Gasteiger partial charge in [0.15, 0.2) is 0 Å². The fraction of sp³-hybridized carbons (Fsp3) is 0.316. The minimum absolute atomic E-state index is 0.0609. The van der Waals surface area contributed by atoms with Crippen molar-refractivity contribution in [2.75, 3.05) is 7.11 Å². The molecule has 2 aromatic rings. The highest BCUT2D eigenvalue weighted by Gasteiger charge is 2.08. The molecule has 3 nitrogen and oxygen atoms in total. The number of hydrogen-bond acceptors (Lipinski definition) is 2. The van der Waals surface area contributed by atoms with Crippen LogP contribution in [0.4, 0.5) is 0 Å². The molecule has 0 aromatic heterocycles. The molecule has 0 aliphatic heterocycles. The zero-order chi connectivity index (χ0) is 15.8. The summed E-state index contributed by atoms with van der Waals surface area (Å²) in [5.74, 6) is 0.867. The minimum Gasteiger partial charge on any atom is -0.497 e. The Hall–Kier alpha value is -2.29. The Balaban J connectivity index is 1.75. The first-order chi connectivity index (χ1) is 10.7. The first-order valence-electron chi connectivity index (χ1n) is 7.63. The van der Waals surface area contributed by atoms with Crippen molar-refractivity contribution in [2.24, 2.45) is 0 Å². The van der Waals surface area contributed by atoms with Gasteiger partial charge in [-0.15, -0.1) is 0 Å². The van der Waals surface area contributed by atoms with Crippen LogP contribution in [-0.4, -0.2) is 19.1 Å². The lowest BCUT2D eigenvalue weighted by Crippen LogP contribution is -2.34. The number of carbonyl (C=O) groups is 1. The van der Waals surface area contributed by atoms with E-state index in [0.29, 0.717) is 6.42 Å². The zero-order valence-electron chi connectivity index (χ0n) is 13.2. The van der Waals surface area contributed by atoms with E-state index in [4.69, 9.17) is 4.74 Å². The second-order valence-electron chi connectivity index (χ2n) is 5.52. The molecule has 2 rings (SSSR count). The van der Waals surface area contributed by atoms with Gasteiger partial charge in [-0.1, -0.05) is 42.5 Å². The van der Waals surface area contributed by atoms with Crippen LogP contribution in [0.2, 0.25) is 0 Å². The third-order valence-electron chi connectivity index (χ3n) is 3.64. The van der Waals surface area contributed by atoms with Crippen LogP contribution in [0.1, 0.15) is 24.5 Å². The summed E-state index contributed by atoms with van der Waals surface area (Å²) in [6.07, 6.45) is 2.32. The van der Waals surface area contributed by atoms with Crippen LogP contribution in [0.5, 0.6) is 5.75 Å². The van der Waals surface area contributed by atoms with Crippen LogP contribution in [0, 0.1) is 0 Å². The predicted octanol–water partition coefficient (Wildman–Crippen LogP) is 3.38. The van der Waals surface area contributed by atoms with Crippen molar-refractivity contribution in [3.63, 3.8) is 0 Å². The van der Waals surface area contributed by atoms with Crippen molar-refractivity contribution in [3.05, 3.63) is 65.7 Å². The standard InChI is InChI=1S/C19H23NO2/c1-15(8-9-16-6-4-3-5-7-16)20-19(21)14-17-10-12-18(22-2)13-11-17/h3-7,10-13,15H,8-9,14H2,1-2H3,(H,20,21)/t15-/m1/s1. The van der Waals surface area contributed by atoms with Crippen molar-refractivity contribution >= 4 is 5.91 Å². The maximum Gasteiger partial charge on any atom is 0.224 e. The van der Waals surface area contributed by atoms with Crippen LogP contribution in [-0.2, 0) is 17.6 Å². The molecule has 1 N–H and O–H groups in total. The summed E-state index contributed by atoms with van der Waals surface area (Å²) < 4.78 is 5.11. The van der Waals surface area contributed by atoms with E-state index in [9.17, 15) is 4.79 Å². The number of benzene rings is 2. The summed E-state index contributed by atoms with van der Waals surface area (Å²) in [6.45, 7) is 2.05. The monoisotopic (exact) mass is 297 g/mol. The third kappa shape index (κ3) is 5.24. The molecule has 0 radical (unpaired) electrons. The molecular weight excluding hydrogens is 274 g/mol. The molecule has 1 amide bonds. The second-order valence-corrected chi connectivity index (χ2v) is 5.52. The van der Waals surface area contributed by atoms with E-state index in [2.05, 4.69) is 24.4 Å². The highest BCUT2D eigenvalue weighted by molar-refractivity contribution is 5.78. The largest absolute Gasteiger partial charge is 0.497 e. The number of carbonyl (C=O) groups excluding carboxylic acids is 1. The Morgan fingerprint density at radius 2 is 1.73 bits per heavy atom. The van der Waals surface area contributed by atoms with Crippen LogP contribution < -0.4 is 10.1 Å². The van der Waals surface area contributed by atoms with E-state index in [1.807, 2.05) is 42.5 Å². The quantitative estimate of drug-likeness (QED) is 0.851. The SMILES string of the molecule is COc1ccc(CC(=O)N[C@H](C)CCc2ccccc2)cc1. The third-order valence-corrected chi connectivity index (χ3v) is 3.64. The molecular formula is C19H23NO2. The Morgan fingerprint density at radius 1 is 1.05 bits per heavy atom. The Labute approximate surface area is 132 Å². The molecule has 0 unspecified atom stereocenters. The van der Waals surface area contributed by atoms with E-state index in [-0.39, 0.29) is 11.9 Å². The molecule has 0 aliphatic carbocycles. The van der Waals surface area contributed by atoms with Crippen LogP contribution in [0.15, 0.2) is 54.6 Å². The molecule has 3 heteroatoms. The molecule has 0 aliphatic rings. The molecule has 2 aromatic carbocycles. The molecule has 1 atom stereocenters. The van der Waals surface area contributed by atoms with Crippen molar-refractivity contribution in [2.45, 2.75) is 32.2 Å². The topological polar surface area (TPSA) is 38.3 Å². The van der Waals surface area contributed by atoms with Crippen LogP contribution in [0.3, 0.4) is 0 Å². The smallest absolute Gasteiger partial charge is 0.224 e. The average Bonchev–Trinajstić information content (AvgIpc) is 2.54. The van der Waals surface area contributed by atoms with Gasteiger partial charge in [-0.3, -0.25) is 4.79 Å². The normalized spacial score (nSPS) is 11.7. The van der Waals surface area contributed by atoms with Gasteiger partial charge in [0.25, 0.3) is 0 Å². The van der Waals surface area contributed by atoms with E-state index < -0.39 is 0 Å². The van der Waals surface area contributed by atoms with Gasteiger partial charge >= 0.3 is 0 Å². The molecule has 0 saturated heterocycles. The maximum absolute atomic E-state index is 12.0. The molecule has 22 heavy (non-hydrogen) atoms. The van der Waals surface area contributed by atoms with Crippen LogP contribution >= 0.6 is 0 Å². The first-order valence-corrected chi connectivity index (χ1v) is 7.63. The minimum atomic E-state index is 0.0609. The summed E-state index contributed by atoms with van der Waals surface area (Å²) in [4.78, 5) is 12.0. The highest BCUT2D eigenvalue weighted by atomic mass is 16.5. The summed E-state index contributed by atoms with van der Waals surface area (Å²) in [6, 6.07) is 18.1. The summed E-state index contributed by atoms with van der Waals surface area (Å²) in [5, 5.41) is 3.06. The molecule has 0 fully saturated rings. The van der Waals surface area contributed by atoms with Crippen molar-refractivity contribution < 1.29 is 9.53 Å². The number of aryl methyl sites for hydroxylation is 1. The van der Waals surface area contributed by atoms with Gasteiger partial charge in [-0.05, 0) is 43.0 Å². The van der Waals surface area contributed by atoms with E-state index in [1.165, 1.54) is 5.56 Å². The Kier molecular flexibility index (Phi) is 6.01. The van der Waals surface area contributed by atoms with E-state index in [0.717, 1.165) is 24.2 Å². The van der Waals surface area contributed by atoms with E-state index >= 15 is 0 Å². The predicted molar refractivity (Wildman–Crippen MR) is 89.1 cm³/mol. The Bertz CT molecular complexity index is 578. The van der Waals surface area contributed by atoms with Crippen molar-refractivity contribution in [3.8, 4) is 5.75 Å². The zero-order valence-corrected chi connectivity index (χ0v) is 13.2. The number of nitrogens with one attached hydrogen (secondary N) is 1. The maximum atomic E-state index is 12.0. The molecule has 0 saturated carbocycles. The molecule has 0 spiro atoms.